The smallest absolute Gasteiger partial charge is 0.337 e. The third-order valence-corrected chi connectivity index (χ3v) is 2.40. The van der Waals surface area contributed by atoms with Gasteiger partial charge in [-0.1, -0.05) is 0 Å². The first-order valence-corrected chi connectivity index (χ1v) is 5.47. The summed E-state index contributed by atoms with van der Waals surface area (Å²) in [4.78, 5) is 19.4. The molecule has 2 aromatic rings. The van der Waals surface area contributed by atoms with E-state index in [2.05, 4.69) is 20.0 Å². The van der Waals surface area contributed by atoms with Crippen LogP contribution in [0.15, 0.2) is 42.9 Å². The van der Waals surface area contributed by atoms with Crippen molar-refractivity contribution in [3.63, 3.8) is 0 Å². The number of methoxy groups -OCH3 is 1. The van der Waals surface area contributed by atoms with Gasteiger partial charge in [0.05, 0.1) is 31.1 Å². The standard InChI is InChI=1S/C13H13N3O2/c1-18-13(17)10-2-4-11(5-3-10)16-9-12-8-14-6-7-15-12/h2-8,16H,9H2,1H3. The molecule has 0 saturated heterocycles. The Morgan fingerprint density at radius 3 is 2.67 bits per heavy atom. The molecule has 0 saturated carbocycles. The number of hydrogen-bond donors (Lipinski definition) is 1. The molecule has 18 heavy (non-hydrogen) atoms. The Morgan fingerprint density at radius 1 is 1.28 bits per heavy atom. The molecule has 0 atom stereocenters. The highest BCUT2D eigenvalue weighted by atomic mass is 16.5. The highest BCUT2D eigenvalue weighted by Gasteiger charge is 2.03. The molecule has 0 unspecified atom stereocenters. The Bertz CT molecular complexity index is 512. The number of benzene rings is 1. The first-order valence-electron chi connectivity index (χ1n) is 5.47. The van der Waals surface area contributed by atoms with Crippen LogP contribution in [0, 0.1) is 0 Å². The van der Waals surface area contributed by atoms with E-state index in [0.717, 1.165) is 11.4 Å². The van der Waals surface area contributed by atoms with Gasteiger partial charge in [0, 0.05) is 18.1 Å². The lowest BCUT2D eigenvalue weighted by molar-refractivity contribution is 0.0601. The van der Waals surface area contributed by atoms with Crippen molar-refractivity contribution in [1.29, 1.82) is 0 Å². The van der Waals surface area contributed by atoms with Gasteiger partial charge in [0.1, 0.15) is 0 Å². The van der Waals surface area contributed by atoms with Gasteiger partial charge >= 0.3 is 5.97 Å². The number of hydrogen-bond acceptors (Lipinski definition) is 5. The van der Waals surface area contributed by atoms with Crippen LogP contribution in [0.2, 0.25) is 0 Å². The molecular formula is C13H13N3O2. The predicted molar refractivity (Wildman–Crippen MR) is 67.1 cm³/mol. The first-order chi connectivity index (χ1) is 8.79. The van der Waals surface area contributed by atoms with Crippen LogP contribution in [0.25, 0.3) is 0 Å². The van der Waals surface area contributed by atoms with E-state index in [1.807, 2.05) is 12.1 Å². The summed E-state index contributed by atoms with van der Waals surface area (Å²) in [7, 11) is 1.36. The topological polar surface area (TPSA) is 64.1 Å². The fourth-order valence-corrected chi connectivity index (χ4v) is 1.46. The number of anilines is 1. The molecule has 0 bridgehead atoms. The largest absolute Gasteiger partial charge is 0.465 e. The third-order valence-electron chi connectivity index (χ3n) is 2.40. The van der Waals surface area contributed by atoms with Gasteiger partial charge in [-0.25, -0.2) is 4.79 Å². The Morgan fingerprint density at radius 2 is 2.06 bits per heavy atom. The zero-order chi connectivity index (χ0) is 12.8. The Balaban J connectivity index is 1.97. The van der Waals surface area contributed by atoms with Crippen molar-refractivity contribution >= 4 is 11.7 Å². The van der Waals surface area contributed by atoms with E-state index < -0.39 is 0 Å². The van der Waals surface area contributed by atoms with Crippen LogP contribution in [-0.2, 0) is 11.3 Å². The number of ether oxygens (including phenoxy) is 1. The summed E-state index contributed by atoms with van der Waals surface area (Å²) in [5.74, 6) is -0.338. The van der Waals surface area contributed by atoms with Gasteiger partial charge in [0.25, 0.3) is 0 Å². The molecule has 92 valence electrons. The first kappa shape index (κ1) is 12.0. The van der Waals surface area contributed by atoms with E-state index in [0.29, 0.717) is 12.1 Å². The summed E-state index contributed by atoms with van der Waals surface area (Å²) >= 11 is 0. The summed E-state index contributed by atoms with van der Waals surface area (Å²) in [5, 5.41) is 3.19. The molecular weight excluding hydrogens is 230 g/mol. The van der Waals surface area contributed by atoms with E-state index in [1.165, 1.54) is 7.11 Å². The molecule has 0 aliphatic heterocycles. The quantitative estimate of drug-likeness (QED) is 0.830. The van der Waals surface area contributed by atoms with Crippen molar-refractivity contribution in [3.8, 4) is 0 Å². The zero-order valence-corrected chi connectivity index (χ0v) is 9.96. The van der Waals surface area contributed by atoms with Gasteiger partial charge in [0.15, 0.2) is 0 Å². The average Bonchev–Trinajstić information content (AvgIpc) is 2.46. The van der Waals surface area contributed by atoms with Crippen LogP contribution in [0.5, 0.6) is 0 Å². The normalized spacial score (nSPS) is 9.83. The fourth-order valence-electron chi connectivity index (χ4n) is 1.46. The van der Waals surface area contributed by atoms with E-state index in [1.54, 1.807) is 30.7 Å². The summed E-state index contributed by atoms with van der Waals surface area (Å²) < 4.78 is 4.63. The van der Waals surface area contributed by atoms with Gasteiger partial charge < -0.3 is 10.1 Å². The van der Waals surface area contributed by atoms with Gasteiger partial charge in [-0.2, -0.15) is 0 Å². The zero-order valence-electron chi connectivity index (χ0n) is 9.96. The van der Waals surface area contributed by atoms with Gasteiger partial charge in [-0.3, -0.25) is 9.97 Å². The van der Waals surface area contributed by atoms with Gasteiger partial charge in [-0.05, 0) is 24.3 Å². The average molecular weight is 243 g/mol. The Hall–Kier alpha value is -2.43. The van der Waals surface area contributed by atoms with Crippen molar-refractivity contribution in [2.75, 3.05) is 12.4 Å². The molecule has 5 nitrogen and oxygen atoms in total. The molecule has 0 amide bonds. The van der Waals surface area contributed by atoms with Crippen molar-refractivity contribution in [2.45, 2.75) is 6.54 Å². The van der Waals surface area contributed by atoms with Crippen molar-refractivity contribution in [3.05, 3.63) is 54.1 Å². The van der Waals surface area contributed by atoms with Crippen LogP contribution in [0.4, 0.5) is 5.69 Å². The minimum atomic E-state index is -0.338. The van der Waals surface area contributed by atoms with Crippen LogP contribution in [-0.4, -0.2) is 23.0 Å². The highest BCUT2D eigenvalue weighted by Crippen LogP contribution is 2.11. The number of carbonyl (C=O) groups is 1. The molecule has 1 aromatic carbocycles. The number of carbonyl (C=O) groups excluding carboxylic acids is 1. The van der Waals surface area contributed by atoms with Gasteiger partial charge in [-0.15, -0.1) is 0 Å². The lowest BCUT2D eigenvalue weighted by Crippen LogP contribution is -2.03. The third kappa shape index (κ3) is 3.04. The van der Waals surface area contributed by atoms with Crippen LogP contribution in [0.1, 0.15) is 16.1 Å². The van der Waals surface area contributed by atoms with Crippen molar-refractivity contribution < 1.29 is 9.53 Å². The van der Waals surface area contributed by atoms with Crippen LogP contribution in [0.3, 0.4) is 0 Å². The fraction of sp³-hybridized carbons (Fsp3) is 0.154. The number of rotatable bonds is 4. The SMILES string of the molecule is COC(=O)c1ccc(NCc2cnccn2)cc1. The number of nitrogens with one attached hydrogen (secondary N) is 1. The number of aromatic nitrogens is 2. The van der Waals surface area contributed by atoms with Gasteiger partial charge in [0.2, 0.25) is 0 Å². The van der Waals surface area contributed by atoms with Crippen molar-refractivity contribution in [1.82, 2.24) is 9.97 Å². The van der Waals surface area contributed by atoms with Crippen LogP contribution < -0.4 is 5.32 Å². The van der Waals surface area contributed by atoms with E-state index >= 15 is 0 Å². The van der Waals surface area contributed by atoms with Crippen LogP contribution >= 0.6 is 0 Å². The lowest BCUT2D eigenvalue weighted by Gasteiger charge is -2.06. The van der Waals surface area contributed by atoms with E-state index in [4.69, 9.17) is 0 Å². The second kappa shape index (κ2) is 5.77. The molecule has 0 aliphatic carbocycles. The highest BCUT2D eigenvalue weighted by molar-refractivity contribution is 5.89. The maximum absolute atomic E-state index is 11.2. The molecule has 0 aliphatic rings. The summed E-state index contributed by atoms with van der Waals surface area (Å²) in [6.07, 6.45) is 4.99. The second-order valence-electron chi connectivity index (χ2n) is 3.62. The second-order valence-corrected chi connectivity index (χ2v) is 3.62. The Kier molecular flexibility index (Phi) is 3.86. The monoisotopic (exact) mass is 243 g/mol. The molecule has 1 N–H and O–H groups in total. The minimum Gasteiger partial charge on any atom is -0.465 e. The molecule has 2 rings (SSSR count). The van der Waals surface area contributed by atoms with Crippen molar-refractivity contribution in [2.24, 2.45) is 0 Å². The minimum absolute atomic E-state index is 0.338. The summed E-state index contributed by atoms with van der Waals surface area (Å²) in [6, 6.07) is 7.07. The molecule has 1 aromatic heterocycles. The Labute approximate surface area is 105 Å². The molecule has 5 heteroatoms. The molecule has 0 spiro atoms. The molecule has 0 radical (unpaired) electrons. The van der Waals surface area contributed by atoms with E-state index in [9.17, 15) is 4.79 Å². The number of nitrogens with zero attached hydrogens (tertiary/aromatic N) is 2. The van der Waals surface area contributed by atoms with E-state index in [-0.39, 0.29) is 5.97 Å². The summed E-state index contributed by atoms with van der Waals surface area (Å²) in [5.41, 5.74) is 2.30. The number of esters is 1. The predicted octanol–water partition coefficient (Wildman–Crippen LogP) is 1.88. The molecule has 1 heterocycles. The maximum atomic E-state index is 11.2. The lowest BCUT2D eigenvalue weighted by atomic mass is 10.2. The summed E-state index contributed by atoms with van der Waals surface area (Å²) in [6.45, 7) is 0.589. The molecule has 0 fully saturated rings. The maximum Gasteiger partial charge on any atom is 0.337 e.